The average molecular weight is 263 g/mol. The van der Waals surface area contributed by atoms with Gasteiger partial charge in [0, 0.05) is 24.8 Å². The van der Waals surface area contributed by atoms with Gasteiger partial charge < -0.3 is 15.7 Å². The number of amidine groups is 1. The van der Waals surface area contributed by atoms with Gasteiger partial charge in [-0.15, -0.1) is 0 Å². The van der Waals surface area contributed by atoms with Crippen LogP contribution in [0.1, 0.15) is 24.5 Å². The summed E-state index contributed by atoms with van der Waals surface area (Å²) in [4.78, 5) is 2.29. The van der Waals surface area contributed by atoms with E-state index >= 15 is 0 Å². The van der Waals surface area contributed by atoms with Gasteiger partial charge in [-0.3, -0.25) is 4.90 Å². The van der Waals surface area contributed by atoms with Gasteiger partial charge >= 0.3 is 0 Å². The van der Waals surface area contributed by atoms with E-state index in [2.05, 4.69) is 24.0 Å². The highest BCUT2D eigenvalue weighted by atomic mass is 16.5. The standard InChI is InChI=1S/C14H21N3O2/c1-10-13(6-7-19-10)17(2)9-11-4-3-5-12(8-11)14(15)16-18/h3-5,8,10,13,18H,6-7,9H2,1-2H3,(H2,15,16). The van der Waals surface area contributed by atoms with E-state index in [4.69, 9.17) is 15.7 Å². The Kier molecular flexibility index (Phi) is 4.39. The maximum atomic E-state index is 8.70. The number of rotatable bonds is 4. The molecule has 5 heteroatoms. The zero-order chi connectivity index (χ0) is 13.8. The number of nitrogens with zero attached hydrogens (tertiary/aromatic N) is 2. The summed E-state index contributed by atoms with van der Waals surface area (Å²) in [7, 11) is 2.10. The number of hydrogen-bond donors (Lipinski definition) is 2. The van der Waals surface area contributed by atoms with Crippen molar-refractivity contribution < 1.29 is 9.94 Å². The second-order valence-electron chi connectivity index (χ2n) is 5.03. The van der Waals surface area contributed by atoms with Gasteiger partial charge in [0.25, 0.3) is 0 Å². The molecule has 0 amide bonds. The van der Waals surface area contributed by atoms with Crippen LogP contribution in [0.25, 0.3) is 0 Å². The molecule has 0 radical (unpaired) electrons. The Morgan fingerprint density at radius 2 is 2.37 bits per heavy atom. The third kappa shape index (κ3) is 3.24. The third-order valence-corrected chi connectivity index (χ3v) is 3.66. The van der Waals surface area contributed by atoms with E-state index in [9.17, 15) is 0 Å². The molecule has 0 aliphatic carbocycles. The van der Waals surface area contributed by atoms with Crippen LogP contribution in [0, 0.1) is 0 Å². The normalized spacial score (nSPS) is 24.1. The molecule has 2 rings (SSSR count). The van der Waals surface area contributed by atoms with Crippen molar-refractivity contribution in [1.29, 1.82) is 0 Å². The Morgan fingerprint density at radius 1 is 1.58 bits per heavy atom. The molecule has 1 aliphatic rings. The molecule has 2 atom stereocenters. The van der Waals surface area contributed by atoms with Crippen LogP contribution in [0.2, 0.25) is 0 Å². The Hall–Kier alpha value is -1.59. The van der Waals surface area contributed by atoms with Gasteiger partial charge in [-0.25, -0.2) is 0 Å². The number of benzene rings is 1. The zero-order valence-electron chi connectivity index (χ0n) is 11.4. The summed E-state index contributed by atoms with van der Waals surface area (Å²) >= 11 is 0. The van der Waals surface area contributed by atoms with Crippen molar-refractivity contribution in [2.75, 3.05) is 13.7 Å². The first-order valence-electron chi connectivity index (χ1n) is 6.50. The van der Waals surface area contributed by atoms with E-state index in [0.717, 1.165) is 30.7 Å². The smallest absolute Gasteiger partial charge is 0.170 e. The average Bonchev–Trinajstić information content (AvgIpc) is 2.84. The van der Waals surface area contributed by atoms with Crippen molar-refractivity contribution in [2.45, 2.75) is 32.0 Å². The molecular formula is C14H21N3O2. The second kappa shape index (κ2) is 6.04. The molecule has 1 saturated heterocycles. The number of oxime groups is 1. The Balaban J connectivity index is 2.06. The molecule has 2 unspecified atom stereocenters. The van der Waals surface area contributed by atoms with Crippen LogP contribution < -0.4 is 5.73 Å². The molecule has 0 bridgehead atoms. The van der Waals surface area contributed by atoms with E-state index in [-0.39, 0.29) is 11.9 Å². The lowest BCUT2D eigenvalue weighted by Crippen LogP contribution is -2.36. The first-order chi connectivity index (χ1) is 9.11. The summed E-state index contributed by atoms with van der Waals surface area (Å²) in [6.07, 6.45) is 1.34. The molecule has 3 N–H and O–H groups in total. The number of hydrogen-bond acceptors (Lipinski definition) is 4. The van der Waals surface area contributed by atoms with Crippen LogP contribution in [0.5, 0.6) is 0 Å². The molecule has 1 fully saturated rings. The monoisotopic (exact) mass is 263 g/mol. The van der Waals surface area contributed by atoms with E-state index in [0.29, 0.717) is 6.04 Å². The quantitative estimate of drug-likeness (QED) is 0.373. The van der Waals surface area contributed by atoms with Gasteiger partial charge in [-0.2, -0.15) is 0 Å². The molecule has 0 spiro atoms. The van der Waals surface area contributed by atoms with Crippen LogP contribution in [0.3, 0.4) is 0 Å². The summed E-state index contributed by atoms with van der Waals surface area (Å²) < 4.78 is 5.59. The van der Waals surface area contributed by atoms with Crippen LogP contribution in [0.15, 0.2) is 29.4 Å². The minimum Gasteiger partial charge on any atom is -0.409 e. The van der Waals surface area contributed by atoms with Crippen molar-refractivity contribution in [3.8, 4) is 0 Å². The topological polar surface area (TPSA) is 71.1 Å². The number of ether oxygens (including phenoxy) is 1. The minimum absolute atomic E-state index is 0.141. The van der Waals surface area contributed by atoms with Gasteiger partial charge in [0.1, 0.15) is 0 Å². The lowest BCUT2D eigenvalue weighted by molar-refractivity contribution is 0.0814. The van der Waals surface area contributed by atoms with E-state index < -0.39 is 0 Å². The highest BCUT2D eigenvalue weighted by Crippen LogP contribution is 2.20. The Morgan fingerprint density at radius 3 is 3.00 bits per heavy atom. The fourth-order valence-corrected chi connectivity index (χ4v) is 2.59. The second-order valence-corrected chi connectivity index (χ2v) is 5.03. The first-order valence-corrected chi connectivity index (χ1v) is 6.50. The van der Waals surface area contributed by atoms with Crippen molar-refractivity contribution in [1.82, 2.24) is 4.90 Å². The van der Waals surface area contributed by atoms with Gasteiger partial charge in [0.2, 0.25) is 0 Å². The summed E-state index contributed by atoms with van der Waals surface area (Å²) in [5, 5.41) is 11.7. The van der Waals surface area contributed by atoms with Crippen LogP contribution in [-0.2, 0) is 11.3 Å². The fraction of sp³-hybridized carbons (Fsp3) is 0.500. The Labute approximate surface area is 113 Å². The molecular weight excluding hydrogens is 242 g/mol. The van der Waals surface area contributed by atoms with Crippen molar-refractivity contribution >= 4 is 5.84 Å². The maximum Gasteiger partial charge on any atom is 0.170 e. The SMILES string of the molecule is CC1OCCC1N(C)Cc1cccc(/C(N)=N/O)c1. The van der Waals surface area contributed by atoms with Crippen molar-refractivity contribution in [3.05, 3.63) is 35.4 Å². The minimum atomic E-state index is 0.141. The van der Waals surface area contributed by atoms with Gasteiger partial charge in [0.05, 0.1) is 6.10 Å². The molecule has 104 valence electrons. The highest BCUT2D eigenvalue weighted by molar-refractivity contribution is 5.97. The molecule has 19 heavy (non-hydrogen) atoms. The summed E-state index contributed by atoms with van der Waals surface area (Å²) in [6, 6.07) is 8.20. The summed E-state index contributed by atoms with van der Waals surface area (Å²) in [5.41, 5.74) is 7.49. The fourth-order valence-electron chi connectivity index (χ4n) is 2.59. The lowest BCUT2D eigenvalue weighted by atomic mass is 10.1. The molecule has 1 aliphatic heterocycles. The largest absolute Gasteiger partial charge is 0.409 e. The zero-order valence-corrected chi connectivity index (χ0v) is 11.4. The van der Waals surface area contributed by atoms with Crippen LogP contribution in [-0.4, -0.2) is 41.7 Å². The summed E-state index contributed by atoms with van der Waals surface area (Å²) in [6.45, 7) is 3.77. The molecule has 0 saturated carbocycles. The van der Waals surface area contributed by atoms with Gasteiger partial charge in [-0.1, -0.05) is 23.4 Å². The lowest BCUT2D eigenvalue weighted by Gasteiger charge is -2.26. The molecule has 0 aromatic heterocycles. The predicted molar refractivity (Wildman–Crippen MR) is 74.2 cm³/mol. The first kappa shape index (κ1) is 13.8. The third-order valence-electron chi connectivity index (χ3n) is 3.66. The van der Waals surface area contributed by atoms with Crippen LogP contribution in [0.4, 0.5) is 0 Å². The molecule has 1 aromatic carbocycles. The maximum absolute atomic E-state index is 8.70. The predicted octanol–water partition coefficient (Wildman–Crippen LogP) is 1.39. The highest BCUT2D eigenvalue weighted by Gasteiger charge is 2.27. The van der Waals surface area contributed by atoms with Crippen molar-refractivity contribution in [3.63, 3.8) is 0 Å². The molecule has 5 nitrogen and oxygen atoms in total. The van der Waals surface area contributed by atoms with E-state index in [1.165, 1.54) is 0 Å². The number of nitrogens with two attached hydrogens (primary N) is 1. The van der Waals surface area contributed by atoms with Gasteiger partial charge in [0.15, 0.2) is 5.84 Å². The molecule has 1 heterocycles. The summed E-state index contributed by atoms with van der Waals surface area (Å²) in [5.74, 6) is 0.141. The van der Waals surface area contributed by atoms with Crippen LogP contribution >= 0.6 is 0 Å². The molecule has 1 aromatic rings. The van der Waals surface area contributed by atoms with E-state index in [1.807, 2.05) is 24.3 Å². The van der Waals surface area contributed by atoms with E-state index in [1.54, 1.807) is 0 Å². The number of likely N-dealkylation sites (N-methyl/N-ethyl adjacent to an activating group) is 1. The Bertz CT molecular complexity index is 462. The van der Waals surface area contributed by atoms with Gasteiger partial charge in [-0.05, 0) is 32.0 Å². The van der Waals surface area contributed by atoms with Crippen molar-refractivity contribution in [2.24, 2.45) is 10.9 Å².